The van der Waals surface area contributed by atoms with Crippen molar-refractivity contribution < 1.29 is 17.9 Å². The highest BCUT2D eigenvalue weighted by atomic mass is 32.2. The van der Waals surface area contributed by atoms with E-state index in [-0.39, 0.29) is 28.7 Å². The van der Waals surface area contributed by atoms with Gasteiger partial charge in [0, 0.05) is 24.9 Å². The molecule has 28 heavy (non-hydrogen) atoms. The van der Waals surface area contributed by atoms with Crippen molar-refractivity contribution in [2.24, 2.45) is 16.2 Å². The molecule has 3 fully saturated rings. The second-order valence-corrected chi connectivity index (χ2v) is 9.52. The van der Waals surface area contributed by atoms with Crippen molar-refractivity contribution in [1.82, 2.24) is 4.90 Å². The van der Waals surface area contributed by atoms with Gasteiger partial charge < -0.3 is 20.3 Å². The van der Waals surface area contributed by atoms with Crippen LogP contribution in [0.2, 0.25) is 0 Å². The molecular weight excluding hydrogens is 380 g/mol. The van der Waals surface area contributed by atoms with Crippen LogP contribution >= 0.6 is 0 Å². The topological polar surface area (TPSA) is 100 Å². The number of carbonyl (C=O) groups is 1. The molecule has 2 N–H and O–H groups in total. The number of para-hydroxylation sites is 1. The van der Waals surface area contributed by atoms with Crippen LogP contribution in [0.3, 0.4) is 0 Å². The van der Waals surface area contributed by atoms with Crippen LogP contribution in [0.1, 0.15) is 25.7 Å². The van der Waals surface area contributed by atoms with Gasteiger partial charge in [0.15, 0.2) is 0 Å². The zero-order valence-corrected chi connectivity index (χ0v) is 16.4. The van der Waals surface area contributed by atoms with Gasteiger partial charge in [0.2, 0.25) is 5.91 Å². The van der Waals surface area contributed by atoms with Gasteiger partial charge in [0.25, 0.3) is 10.0 Å². The maximum atomic E-state index is 12.6. The number of fused-ring (bicyclic) bond motifs is 1. The molecule has 1 saturated heterocycles. The zero-order chi connectivity index (χ0) is 19.3. The summed E-state index contributed by atoms with van der Waals surface area (Å²) in [4.78, 5) is 14.7. The number of nitrogens with one attached hydrogen (secondary N) is 2. The highest BCUT2D eigenvalue weighted by molar-refractivity contribution is 7.90. The summed E-state index contributed by atoms with van der Waals surface area (Å²) in [6, 6.07) is 5.08. The third kappa shape index (κ3) is 3.37. The van der Waals surface area contributed by atoms with Gasteiger partial charge in [-0.3, -0.25) is 4.79 Å². The van der Waals surface area contributed by atoms with Gasteiger partial charge in [-0.05, 0) is 37.8 Å². The van der Waals surface area contributed by atoms with Gasteiger partial charge in [0.1, 0.15) is 10.7 Å². The van der Waals surface area contributed by atoms with E-state index in [9.17, 15) is 13.2 Å². The Kier molecular flexibility index (Phi) is 4.31. The molecule has 1 unspecified atom stereocenters. The van der Waals surface area contributed by atoms with Gasteiger partial charge in [-0.2, -0.15) is 8.42 Å². The van der Waals surface area contributed by atoms with Crippen LogP contribution in [0.5, 0.6) is 0 Å². The Bertz CT molecular complexity index is 937. The molecule has 5 rings (SSSR count). The molecule has 0 spiro atoms. The van der Waals surface area contributed by atoms with Gasteiger partial charge >= 0.3 is 0 Å². The molecular formula is C19H24N4O4S. The Morgan fingerprint density at radius 3 is 2.86 bits per heavy atom. The van der Waals surface area contributed by atoms with Crippen molar-refractivity contribution in [1.29, 1.82) is 0 Å². The monoisotopic (exact) mass is 404 g/mol. The summed E-state index contributed by atoms with van der Waals surface area (Å²) < 4.78 is 34.7. The number of benzene rings is 1. The average Bonchev–Trinajstić information content (AvgIpc) is 3.57. The molecule has 8 nitrogen and oxygen atoms in total. The van der Waals surface area contributed by atoms with E-state index in [1.54, 1.807) is 12.1 Å². The normalized spacial score (nSPS) is 26.1. The Hall–Kier alpha value is -2.13. The third-order valence-corrected chi connectivity index (χ3v) is 7.04. The minimum Gasteiger partial charge on any atom is -0.381 e. The summed E-state index contributed by atoms with van der Waals surface area (Å²) in [6.07, 6.45) is 3.88. The lowest BCUT2D eigenvalue weighted by atomic mass is 10.1. The maximum absolute atomic E-state index is 12.6. The number of amidine groups is 1. The molecule has 0 radical (unpaired) electrons. The summed E-state index contributed by atoms with van der Waals surface area (Å²) >= 11 is 0. The van der Waals surface area contributed by atoms with Gasteiger partial charge in [0.05, 0.1) is 30.6 Å². The molecule has 2 saturated carbocycles. The Balaban J connectivity index is 1.36. The first kappa shape index (κ1) is 17.9. The first-order valence-corrected chi connectivity index (χ1v) is 11.3. The van der Waals surface area contributed by atoms with E-state index >= 15 is 0 Å². The van der Waals surface area contributed by atoms with Crippen molar-refractivity contribution >= 4 is 33.1 Å². The third-order valence-electron chi connectivity index (χ3n) is 5.71. The second-order valence-electron chi connectivity index (χ2n) is 7.95. The minimum absolute atomic E-state index is 0.0607. The average molecular weight is 404 g/mol. The van der Waals surface area contributed by atoms with Crippen LogP contribution in [0, 0.1) is 11.8 Å². The minimum atomic E-state index is -3.69. The number of nitrogens with zero attached hydrogens (tertiary/aromatic N) is 2. The quantitative estimate of drug-likeness (QED) is 0.774. The van der Waals surface area contributed by atoms with Crippen molar-refractivity contribution in [3.8, 4) is 0 Å². The van der Waals surface area contributed by atoms with Crippen molar-refractivity contribution in [2.75, 3.05) is 36.9 Å². The van der Waals surface area contributed by atoms with E-state index in [1.165, 1.54) is 0 Å². The number of ether oxygens (including phenoxy) is 1. The lowest BCUT2D eigenvalue weighted by Crippen LogP contribution is -2.52. The second kappa shape index (κ2) is 6.73. The molecule has 0 bridgehead atoms. The predicted molar refractivity (Wildman–Crippen MR) is 105 cm³/mol. The van der Waals surface area contributed by atoms with E-state index in [4.69, 9.17) is 4.74 Å². The number of amides is 1. The fraction of sp³-hybridized carbons (Fsp3) is 0.579. The number of hydrogen-bond donors (Lipinski definition) is 2. The molecule has 1 aromatic carbocycles. The van der Waals surface area contributed by atoms with Crippen LogP contribution in [0.4, 0.5) is 11.4 Å². The largest absolute Gasteiger partial charge is 0.381 e. The van der Waals surface area contributed by atoms with Crippen LogP contribution in [-0.2, 0) is 19.6 Å². The summed E-state index contributed by atoms with van der Waals surface area (Å²) in [7, 11) is -3.69. The number of anilines is 2. The number of morpholine rings is 1. The molecule has 1 atom stereocenters. The number of rotatable bonds is 5. The highest BCUT2D eigenvalue weighted by Crippen LogP contribution is 2.39. The lowest BCUT2D eigenvalue weighted by molar-refractivity contribution is -0.140. The molecule has 1 amide bonds. The zero-order valence-electron chi connectivity index (χ0n) is 15.6. The van der Waals surface area contributed by atoms with Crippen LogP contribution in [0.15, 0.2) is 27.5 Å². The van der Waals surface area contributed by atoms with Crippen LogP contribution < -0.4 is 10.6 Å². The van der Waals surface area contributed by atoms with E-state index in [1.807, 2.05) is 11.0 Å². The number of hydrogen-bond acceptors (Lipinski definition) is 6. The summed E-state index contributed by atoms with van der Waals surface area (Å²) in [5, 5.41) is 6.58. The first-order valence-electron chi connectivity index (χ1n) is 9.90. The molecule has 150 valence electrons. The number of sulfonamides is 1. The highest BCUT2D eigenvalue weighted by Gasteiger charge is 2.38. The van der Waals surface area contributed by atoms with Crippen molar-refractivity contribution in [3.63, 3.8) is 0 Å². The molecule has 2 aliphatic heterocycles. The van der Waals surface area contributed by atoms with E-state index in [2.05, 4.69) is 15.0 Å². The molecule has 4 aliphatic rings. The molecule has 1 aromatic rings. The number of carbonyl (C=O) groups excluding carboxylic acids is 1. The van der Waals surface area contributed by atoms with Crippen LogP contribution in [0.25, 0.3) is 0 Å². The Morgan fingerprint density at radius 2 is 2.11 bits per heavy atom. The van der Waals surface area contributed by atoms with E-state index in [0.29, 0.717) is 43.5 Å². The summed E-state index contributed by atoms with van der Waals surface area (Å²) in [6.45, 7) is 2.17. The summed E-state index contributed by atoms with van der Waals surface area (Å²) in [5.41, 5.74) is 1.26. The smallest absolute Gasteiger partial charge is 0.286 e. The molecule has 2 aliphatic carbocycles. The summed E-state index contributed by atoms with van der Waals surface area (Å²) in [5.74, 6) is 1.13. The van der Waals surface area contributed by atoms with E-state index < -0.39 is 10.0 Å². The first-order chi connectivity index (χ1) is 13.5. The van der Waals surface area contributed by atoms with Gasteiger partial charge in [-0.15, -0.1) is 4.40 Å². The fourth-order valence-electron chi connectivity index (χ4n) is 3.79. The fourth-order valence-corrected chi connectivity index (χ4v) is 5.01. The van der Waals surface area contributed by atoms with Crippen LogP contribution in [-0.4, -0.2) is 57.4 Å². The van der Waals surface area contributed by atoms with E-state index in [0.717, 1.165) is 25.7 Å². The Labute approximate surface area is 164 Å². The maximum Gasteiger partial charge on any atom is 0.286 e. The predicted octanol–water partition coefficient (Wildman–Crippen LogP) is 1.66. The standard InChI is InChI=1S/C19H24N4O4S/c24-19(13-6-7-13)23-8-9-27-11-14(23)10-20-15-2-1-3-16-17(15)21-18(12-4-5-12)22-28(16,25)26/h1-3,12-14,20H,4-11H2,(H,21,22). The molecule has 9 heteroatoms. The van der Waals surface area contributed by atoms with Gasteiger partial charge in [-0.25, -0.2) is 0 Å². The van der Waals surface area contributed by atoms with Gasteiger partial charge in [-0.1, -0.05) is 6.07 Å². The lowest BCUT2D eigenvalue weighted by Gasteiger charge is -2.36. The molecule has 0 aromatic heterocycles. The SMILES string of the molecule is O=C(C1CC1)N1CCOCC1CNc1cccc2c1NC(C1CC1)=NS2(=O)=O. The molecule has 2 heterocycles. The Morgan fingerprint density at radius 1 is 1.29 bits per heavy atom. The van der Waals surface area contributed by atoms with Crippen molar-refractivity contribution in [2.45, 2.75) is 36.6 Å². The van der Waals surface area contributed by atoms with Crippen molar-refractivity contribution in [3.05, 3.63) is 18.2 Å².